The summed E-state index contributed by atoms with van der Waals surface area (Å²) in [6.07, 6.45) is 44.3. The Morgan fingerprint density at radius 3 is 1.25 bits per heavy atom. The molecule has 11 nitrogen and oxygen atoms in total. The number of hydrogen-bond acceptors (Lipinski definition) is 9. The van der Waals surface area contributed by atoms with Crippen molar-refractivity contribution >= 4 is 25.7 Å². The second kappa shape index (κ2) is 42.9. The molecule has 348 valence electrons. The van der Waals surface area contributed by atoms with Crippen LogP contribution in [-0.2, 0) is 37.5 Å². The van der Waals surface area contributed by atoms with Crippen LogP contribution in [0.5, 0.6) is 0 Å². The Kier molecular flexibility index (Phi) is 41.6. The van der Waals surface area contributed by atoms with E-state index in [0.717, 1.165) is 57.8 Å². The Balaban J connectivity index is 4.18. The number of esters is 2. The molecule has 0 aromatic rings. The lowest BCUT2D eigenvalue weighted by Gasteiger charge is -2.20. The lowest BCUT2D eigenvalue weighted by Crippen LogP contribution is -2.34. The van der Waals surface area contributed by atoms with E-state index in [4.69, 9.17) is 24.8 Å². The molecule has 0 aliphatic carbocycles. The van der Waals surface area contributed by atoms with E-state index >= 15 is 0 Å². The molecule has 3 atom stereocenters. The number of phosphoric acid groups is 1. The number of allylic oxidation sites excluding steroid dienone is 2. The van der Waals surface area contributed by atoms with Gasteiger partial charge in [0.15, 0.2) is 6.10 Å². The summed E-state index contributed by atoms with van der Waals surface area (Å²) < 4.78 is 32.7. The SMILES string of the molecule is CCCCCC/C=C\CCCCCCCC(=O)OC(COC(=O)CCCCCCCCCCCCCCCCCCCCCCCC)COP(=O)(O)OCC(N)C(=O)O. The highest BCUT2D eigenvalue weighted by Gasteiger charge is 2.28. The topological polar surface area (TPSA) is 172 Å². The van der Waals surface area contributed by atoms with Crippen LogP contribution in [0.1, 0.15) is 239 Å². The van der Waals surface area contributed by atoms with Crippen LogP contribution in [0.4, 0.5) is 0 Å². The van der Waals surface area contributed by atoms with Gasteiger partial charge in [-0.25, -0.2) is 4.57 Å². The van der Waals surface area contributed by atoms with E-state index in [0.29, 0.717) is 12.8 Å². The predicted octanol–water partition coefficient (Wildman–Crippen LogP) is 13.2. The molecule has 59 heavy (non-hydrogen) atoms. The second-order valence-corrected chi connectivity index (χ2v) is 18.1. The summed E-state index contributed by atoms with van der Waals surface area (Å²) in [5.74, 6) is -2.37. The van der Waals surface area contributed by atoms with Crippen molar-refractivity contribution in [1.29, 1.82) is 0 Å². The van der Waals surface area contributed by atoms with Gasteiger partial charge in [0, 0.05) is 12.8 Å². The van der Waals surface area contributed by atoms with Crippen molar-refractivity contribution < 1.29 is 47.5 Å². The van der Waals surface area contributed by atoms with E-state index in [1.807, 2.05) is 0 Å². The van der Waals surface area contributed by atoms with Crippen molar-refractivity contribution in [2.45, 2.75) is 251 Å². The van der Waals surface area contributed by atoms with Gasteiger partial charge in [-0.2, -0.15) is 0 Å². The molecule has 0 amide bonds. The van der Waals surface area contributed by atoms with Crippen LogP contribution >= 0.6 is 7.82 Å². The highest BCUT2D eigenvalue weighted by Crippen LogP contribution is 2.43. The molecule has 4 N–H and O–H groups in total. The van der Waals surface area contributed by atoms with Crippen LogP contribution in [0.25, 0.3) is 0 Å². The van der Waals surface area contributed by atoms with Gasteiger partial charge in [-0.1, -0.05) is 199 Å². The number of phosphoric ester groups is 1. The van der Waals surface area contributed by atoms with Crippen LogP contribution in [-0.4, -0.2) is 59.9 Å². The highest BCUT2D eigenvalue weighted by atomic mass is 31.2. The number of carboxylic acid groups (broad SMARTS) is 1. The van der Waals surface area contributed by atoms with Crippen LogP contribution in [0, 0.1) is 0 Å². The number of carbonyl (C=O) groups is 3. The Morgan fingerprint density at radius 1 is 0.508 bits per heavy atom. The Labute approximate surface area is 360 Å². The molecule has 0 aliphatic heterocycles. The largest absolute Gasteiger partial charge is 0.480 e. The maximum atomic E-state index is 12.6. The number of aliphatic carboxylic acids is 1. The second-order valence-electron chi connectivity index (χ2n) is 16.6. The van der Waals surface area contributed by atoms with Crippen molar-refractivity contribution in [3.8, 4) is 0 Å². The molecule has 0 saturated carbocycles. The molecule has 0 aromatic carbocycles. The summed E-state index contributed by atoms with van der Waals surface area (Å²) in [5, 5.41) is 8.90. The molecule has 0 radical (unpaired) electrons. The summed E-state index contributed by atoms with van der Waals surface area (Å²) in [7, 11) is -4.71. The maximum absolute atomic E-state index is 12.6. The number of rotatable bonds is 46. The maximum Gasteiger partial charge on any atom is 0.472 e. The first-order chi connectivity index (χ1) is 28.6. The predicted molar refractivity (Wildman–Crippen MR) is 240 cm³/mol. The van der Waals surface area contributed by atoms with E-state index < -0.39 is 51.1 Å². The van der Waals surface area contributed by atoms with E-state index in [1.54, 1.807) is 0 Å². The molecule has 0 aliphatic rings. The highest BCUT2D eigenvalue weighted by molar-refractivity contribution is 7.47. The van der Waals surface area contributed by atoms with Crippen molar-refractivity contribution in [2.75, 3.05) is 19.8 Å². The average molecular weight is 860 g/mol. The van der Waals surface area contributed by atoms with Gasteiger partial charge >= 0.3 is 25.7 Å². The van der Waals surface area contributed by atoms with Crippen molar-refractivity contribution in [2.24, 2.45) is 5.73 Å². The Hall–Kier alpha value is -1.78. The minimum atomic E-state index is -4.71. The standard InChI is InChI=1S/C47H90NO10P/c1-3-5-7-9-11-13-15-17-18-19-20-21-22-23-24-25-27-28-30-32-34-36-38-45(49)55-40-43(41-56-59(53,54)57-42-44(48)47(51)52)58-46(50)39-37-35-33-31-29-26-16-14-12-10-8-6-4-2/h14,16,43-44H,3-13,15,17-42,48H2,1-2H3,(H,51,52)(H,53,54)/b16-14-. The van der Waals surface area contributed by atoms with Crippen LogP contribution in [0.2, 0.25) is 0 Å². The van der Waals surface area contributed by atoms with E-state index in [2.05, 4.69) is 30.5 Å². The third-order valence-electron chi connectivity index (χ3n) is 10.8. The van der Waals surface area contributed by atoms with Crippen LogP contribution in [0.3, 0.4) is 0 Å². The lowest BCUT2D eigenvalue weighted by molar-refractivity contribution is -0.161. The molecule has 12 heteroatoms. The minimum absolute atomic E-state index is 0.155. The summed E-state index contributed by atoms with van der Waals surface area (Å²) in [6.45, 7) is 2.82. The fourth-order valence-corrected chi connectivity index (χ4v) is 7.72. The zero-order valence-electron chi connectivity index (χ0n) is 37.9. The number of carboxylic acids is 1. The number of ether oxygens (including phenoxy) is 2. The zero-order valence-corrected chi connectivity index (χ0v) is 38.8. The zero-order chi connectivity index (χ0) is 43.5. The van der Waals surface area contributed by atoms with Gasteiger partial charge in [-0.05, 0) is 38.5 Å². The number of carbonyl (C=O) groups excluding carboxylic acids is 2. The normalized spacial score (nSPS) is 13.7. The Bertz CT molecular complexity index is 1060. The summed E-state index contributed by atoms with van der Waals surface area (Å²) >= 11 is 0. The van der Waals surface area contributed by atoms with Crippen LogP contribution < -0.4 is 5.73 Å². The molecular weight excluding hydrogens is 769 g/mol. The van der Waals surface area contributed by atoms with Gasteiger partial charge in [0.25, 0.3) is 0 Å². The minimum Gasteiger partial charge on any atom is -0.480 e. The number of hydrogen-bond donors (Lipinski definition) is 3. The van der Waals surface area contributed by atoms with Gasteiger partial charge in [0.1, 0.15) is 12.6 Å². The van der Waals surface area contributed by atoms with Gasteiger partial charge in [-0.3, -0.25) is 23.4 Å². The third-order valence-corrected chi connectivity index (χ3v) is 11.7. The van der Waals surface area contributed by atoms with Crippen LogP contribution in [0.15, 0.2) is 12.2 Å². The third kappa shape index (κ3) is 42.7. The summed E-state index contributed by atoms with van der Waals surface area (Å²) in [6, 6.07) is -1.52. The first-order valence-electron chi connectivity index (χ1n) is 24.2. The molecule has 0 spiro atoms. The van der Waals surface area contributed by atoms with E-state index in [9.17, 15) is 23.8 Å². The molecule has 3 unspecified atom stereocenters. The summed E-state index contributed by atoms with van der Waals surface area (Å²) in [4.78, 5) is 46.0. The average Bonchev–Trinajstić information content (AvgIpc) is 3.21. The van der Waals surface area contributed by atoms with Gasteiger partial charge in [0.05, 0.1) is 13.2 Å². The summed E-state index contributed by atoms with van der Waals surface area (Å²) in [5.41, 5.74) is 5.34. The van der Waals surface area contributed by atoms with E-state index in [1.165, 1.54) is 141 Å². The first-order valence-corrected chi connectivity index (χ1v) is 25.7. The Morgan fingerprint density at radius 2 is 0.847 bits per heavy atom. The lowest BCUT2D eigenvalue weighted by atomic mass is 10.0. The van der Waals surface area contributed by atoms with Crippen molar-refractivity contribution in [3.05, 3.63) is 12.2 Å². The number of nitrogens with two attached hydrogens (primary N) is 1. The fourth-order valence-electron chi connectivity index (χ4n) is 6.94. The molecule has 0 heterocycles. The molecular formula is C47H90NO10P. The van der Waals surface area contributed by atoms with Crippen molar-refractivity contribution in [3.63, 3.8) is 0 Å². The smallest absolute Gasteiger partial charge is 0.472 e. The van der Waals surface area contributed by atoms with Gasteiger partial charge in [-0.15, -0.1) is 0 Å². The molecule has 0 bridgehead atoms. The molecule has 0 fully saturated rings. The fraction of sp³-hybridized carbons (Fsp3) is 0.894. The number of unbranched alkanes of at least 4 members (excludes halogenated alkanes) is 30. The van der Waals surface area contributed by atoms with E-state index in [-0.39, 0.29) is 19.4 Å². The van der Waals surface area contributed by atoms with Crippen molar-refractivity contribution in [1.82, 2.24) is 0 Å². The molecule has 0 saturated heterocycles. The molecule has 0 aromatic heterocycles. The molecule has 0 rings (SSSR count). The first kappa shape index (κ1) is 57.2. The van der Waals surface area contributed by atoms with Gasteiger partial charge in [0.2, 0.25) is 0 Å². The van der Waals surface area contributed by atoms with Gasteiger partial charge < -0.3 is 25.2 Å². The monoisotopic (exact) mass is 860 g/mol. The quantitative estimate of drug-likeness (QED) is 0.0230.